The number of hydrogen-bond donors (Lipinski definition) is 2. The smallest absolute Gasteiger partial charge is 0.224 e. The van der Waals surface area contributed by atoms with Crippen LogP contribution in [0.2, 0.25) is 0 Å². The molecule has 1 aromatic heterocycles. The van der Waals surface area contributed by atoms with Crippen LogP contribution in [0.25, 0.3) is 0 Å². The van der Waals surface area contributed by atoms with Gasteiger partial charge in [0, 0.05) is 51.5 Å². The highest BCUT2D eigenvalue weighted by molar-refractivity contribution is 5.78. The average Bonchev–Trinajstić information content (AvgIpc) is 2.86. The molecule has 1 amide bonds. The minimum Gasteiger partial charge on any atom is -0.381 e. The molecule has 2 aliphatic rings. The van der Waals surface area contributed by atoms with E-state index in [4.69, 9.17) is 10.5 Å². The van der Waals surface area contributed by atoms with Gasteiger partial charge in [-0.3, -0.25) is 14.4 Å². The maximum Gasteiger partial charge on any atom is 0.224 e. The number of ether oxygens (including phenoxy) is 1. The SMILES string of the molecule is Cc1nc(C)n(CCCNC(=O)[C@@H]2CC[C@H](N)CN(C3CCOCC3)C2)n1. The van der Waals surface area contributed by atoms with Crippen LogP contribution in [0.15, 0.2) is 0 Å². The highest BCUT2D eigenvalue weighted by atomic mass is 16.5. The minimum atomic E-state index is 0.0248. The van der Waals surface area contributed by atoms with Gasteiger partial charge in [0.05, 0.1) is 5.92 Å². The van der Waals surface area contributed by atoms with E-state index in [9.17, 15) is 4.79 Å². The van der Waals surface area contributed by atoms with E-state index in [1.165, 1.54) is 0 Å². The summed E-state index contributed by atoms with van der Waals surface area (Å²) in [4.78, 5) is 19.5. The Bertz CT molecular complexity index is 613. The van der Waals surface area contributed by atoms with Gasteiger partial charge in [-0.25, -0.2) is 4.98 Å². The van der Waals surface area contributed by atoms with Gasteiger partial charge >= 0.3 is 0 Å². The average molecular weight is 379 g/mol. The summed E-state index contributed by atoms with van der Waals surface area (Å²) in [6.07, 6.45) is 4.71. The Morgan fingerprint density at radius 2 is 2.00 bits per heavy atom. The third kappa shape index (κ3) is 5.73. The van der Waals surface area contributed by atoms with Gasteiger partial charge in [0.15, 0.2) is 0 Å². The number of rotatable bonds is 6. The molecule has 0 bridgehead atoms. The molecule has 2 saturated heterocycles. The fourth-order valence-corrected chi connectivity index (χ4v) is 4.18. The second kappa shape index (κ2) is 9.61. The molecule has 3 N–H and O–H groups in total. The van der Waals surface area contributed by atoms with Crippen molar-refractivity contribution in [3.63, 3.8) is 0 Å². The number of aromatic nitrogens is 3. The van der Waals surface area contributed by atoms with Gasteiger partial charge in [0.1, 0.15) is 11.6 Å². The van der Waals surface area contributed by atoms with Gasteiger partial charge in [0.25, 0.3) is 0 Å². The molecule has 2 atom stereocenters. The molecular weight excluding hydrogens is 344 g/mol. The lowest BCUT2D eigenvalue weighted by Crippen LogP contribution is -2.47. The number of nitrogens with one attached hydrogen (secondary N) is 1. The van der Waals surface area contributed by atoms with Crippen molar-refractivity contribution in [3.05, 3.63) is 11.6 Å². The van der Waals surface area contributed by atoms with Crippen LogP contribution in [0.5, 0.6) is 0 Å². The van der Waals surface area contributed by atoms with Crippen LogP contribution in [0.4, 0.5) is 0 Å². The summed E-state index contributed by atoms with van der Waals surface area (Å²) in [6.45, 7) is 8.62. The van der Waals surface area contributed by atoms with Crippen molar-refractivity contribution in [2.45, 2.75) is 64.6 Å². The lowest BCUT2D eigenvalue weighted by molar-refractivity contribution is -0.126. The first-order valence-corrected chi connectivity index (χ1v) is 10.3. The summed E-state index contributed by atoms with van der Waals surface area (Å²) in [6, 6.07) is 0.654. The summed E-state index contributed by atoms with van der Waals surface area (Å²) in [5.41, 5.74) is 6.28. The Morgan fingerprint density at radius 3 is 2.70 bits per heavy atom. The second-order valence-corrected chi connectivity index (χ2v) is 7.91. The van der Waals surface area contributed by atoms with Gasteiger partial charge in [0.2, 0.25) is 5.91 Å². The van der Waals surface area contributed by atoms with Crippen molar-refractivity contribution in [1.29, 1.82) is 0 Å². The van der Waals surface area contributed by atoms with E-state index in [0.29, 0.717) is 12.6 Å². The molecule has 2 aliphatic heterocycles. The maximum atomic E-state index is 12.7. The Labute approximate surface area is 161 Å². The summed E-state index contributed by atoms with van der Waals surface area (Å²) >= 11 is 0. The number of amides is 1. The quantitative estimate of drug-likeness (QED) is 0.704. The van der Waals surface area contributed by atoms with Crippen LogP contribution < -0.4 is 11.1 Å². The Morgan fingerprint density at radius 1 is 1.22 bits per heavy atom. The fraction of sp³-hybridized carbons (Fsp3) is 0.842. The van der Waals surface area contributed by atoms with Crippen LogP contribution in [0.1, 0.15) is 43.8 Å². The molecule has 2 fully saturated rings. The molecule has 0 radical (unpaired) electrons. The fourth-order valence-electron chi connectivity index (χ4n) is 4.18. The molecule has 0 saturated carbocycles. The second-order valence-electron chi connectivity index (χ2n) is 7.91. The number of likely N-dealkylation sites (tertiary alicyclic amines) is 1. The van der Waals surface area contributed by atoms with E-state index in [2.05, 4.69) is 20.3 Å². The highest BCUT2D eigenvalue weighted by Crippen LogP contribution is 2.22. The highest BCUT2D eigenvalue weighted by Gasteiger charge is 2.31. The number of hydrogen-bond acceptors (Lipinski definition) is 6. The van der Waals surface area contributed by atoms with E-state index in [0.717, 1.165) is 76.6 Å². The van der Waals surface area contributed by atoms with Gasteiger partial charge in [-0.05, 0) is 46.0 Å². The van der Waals surface area contributed by atoms with E-state index < -0.39 is 0 Å². The number of carbonyl (C=O) groups is 1. The number of nitrogens with zero attached hydrogens (tertiary/aromatic N) is 4. The lowest BCUT2D eigenvalue weighted by atomic mass is 10.0. The summed E-state index contributed by atoms with van der Waals surface area (Å²) < 4.78 is 7.39. The summed E-state index contributed by atoms with van der Waals surface area (Å²) in [7, 11) is 0. The minimum absolute atomic E-state index is 0.0248. The van der Waals surface area contributed by atoms with E-state index in [-0.39, 0.29) is 17.9 Å². The van der Waals surface area contributed by atoms with Crippen molar-refractivity contribution in [1.82, 2.24) is 25.0 Å². The van der Waals surface area contributed by atoms with Crippen molar-refractivity contribution in [3.8, 4) is 0 Å². The van der Waals surface area contributed by atoms with Crippen LogP contribution >= 0.6 is 0 Å². The predicted octanol–water partition coefficient (Wildman–Crippen LogP) is 0.620. The van der Waals surface area contributed by atoms with Gasteiger partial charge in [-0.2, -0.15) is 5.10 Å². The largest absolute Gasteiger partial charge is 0.381 e. The van der Waals surface area contributed by atoms with E-state index >= 15 is 0 Å². The first-order valence-electron chi connectivity index (χ1n) is 10.3. The van der Waals surface area contributed by atoms with E-state index in [1.54, 1.807) is 0 Å². The molecule has 0 spiro atoms. The molecule has 0 unspecified atom stereocenters. The molecule has 3 heterocycles. The maximum absolute atomic E-state index is 12.7. The number of aryl methyl sites for hydroxylation is 3. The van der Waals surface area contributed by atoms with Crippen LogP contribution in [-0.4, -0.2) is 70.5 Å². The first kappa shape index (κ1) is 20.2. The molecule has 0 aliphatic carbocycles. The van der Waals surface area contributed by atoms with Gasteiger partial charge < -0.3 is 15.8 Å². The zero-order valence-corrected chi connectivity index (χ0v) is 16.7. The summed E-state index contributed by atoms with van der Waals surface area (Å²) in [5, 5.41) is 7.48. The zero-order valence-electron chi connectivity index (χ0n) is 16.7. The third-order valence-corrected chi connectivity index (χ3v) is 5.70. The zero-order chi connectivity index (χ0) is 19.2. The third-order valence-electron chi connectivity index (χ3n) is 5.70. The molecule has 3 rings (SSSR count). The number of carbonyl (C=O) groups excluding carboxylic acids is 1. The van der Waals surface area contributed by atoms with Crippen molar-refractivity contribution in [2.24, 2.45) is 11.7 Å². The Hall–Kier alpha value is -1.51. The van der Waals surface area contributed by atoms with Gasteiger partial charge in [-0.1, -0.05) is 0 Å². The summed E-state index contributed by atoms with van der Waals surface area (Å²) in [5.74, 6) is 1.90. The normalized spacial score (nSPS) is 25.3. The molecule has 0 aromatic carbocycles. The van der Waals surface area contributed by atoms with Crippen LogP contribution in [0.3, 0.4) is 0 Å². The van der Waals surface area contributed by atoms with Gasteiger partial charge in [-0.15, -0.1) is 0 Å². The van der Waals surface area contributed by atoms with Crippen molar-refractivity contribution >= 4 is 5.91 Å². The molecule has 8 nitrogen and oxygen atoms in total. The first-order chi connectivity index (χ1) is 13.0. The standard InChI is InChI=1S/C19H34N6O2/c1-14-22-15(2)25(23-14)9-3-8-21-19(26)16-4-5-17(20)13-24(12-16)18-6-10-27-11-7-18/h16-18H,3-13,20H2,1-2H3,(H,21,26)/t16-,17+/m1/s1. The molecule has 152 valence electrons. The van der Waals surface area contributed by atoms with Crippen molar-refractivity contribution in [2.75, 3.05) is 32.8 Å². The number of nitrogens with two attached hydrogens (primary N) is 1. The Kier molecular flexibility index (Phi) is 7.20. The van der Waals surface area contributed by atoms with Crippen LogP contribution in [0, 0.1) is 19.8 Å². The molecule has 27 heavy (non-hydrogen) atoms. The Balaban J connectivity index is 1.46. The topological polar surface area (TPSA) is 98.3 Å². The van der Waals surface area contributed by atoms with Crippen LogP contribution in [-0.2, 0) is 16.1 Å². The molecule has 8 heteroatoms. The monoisotopic (exact) mass is 378 g/mol. The lowest BCUT2D eigenvalue weighted by Gasteiger charge is -2.35. The van der Waals surface area contributed by atoms with E-state index in [1.807, 2.05) is 18.5 Å². The van der Waals surface area contributed by atoms with Crippen molar-refractivity contribution < 1.29 is 9.53 Å². The predicted molar refractivity (Wildman–Crippen MR) is 103 cm³/mol. The molecular formula is C19H34N6O2. The molecule has 1 aromatic rings.